The van der Waals surface area contributed by atoms with Crippen LogP contribution in [-0.2, 0) is 0 Å². The summed E-state index contributed by atoms with van der Waals surface area (Å²) in [5, 5.41) is 10.3. The van der Waals surface area contributed by atoms with E-state index in [2.05, 4.69) is 9.97 Å². The van der Waals surface area contributed by atoms with Gasteiger partial charge in [0.2, 0.25) is 0 Å². The monoisotopic (exact) mass is 228 g/mol. The molecule has 2 aromatic rings. The molecule has 0 saturated heterocycles. The first kappa shape index (κ1) is 11.7. The molecule has 1 heterocycles. The van der Waals surface area contributed by atoms with E-state index in [1.165, 1.54) is 0 Å². The molecule has 88 valence electrons. The molecular weight excluding hydrogens is 212 g/mol. The van der Waals surface area contributed by atoms with E-state index < -0.39 is 6.10 Å². The summed E-state index contributed by atoms with van der Waals surface area (Å²) in [6.45, 7) is 5.83. The molecule has 1 unspecified atom stereocenters. The fourth-order valence-electron chi connectivity index (χ4n) is 1.84. The smallest absolute Gasteiger partial charge is 0.125 e. The van der Waals surface area contributed by atoms with Gasteiger partial charge in [0, 0.05) is 6.20 Å². The van der Waals surface area contributed by atoms with Gasteiger partial charge in [0.1, 0.15) is 11.9 Å². The van der Waals surface area contributed by atoms with E-state index in [0.717, 1.165) is 16.7 Å². The van der Waals surface area contributed by atoms with Crippen LogP contribution in [0.4, 0.5) is 0 Å². The molecule has 3 heteroatoms. The van der Waals surface area contributed by atoms with Crippen LogP contribution in [0.3, 0.4) is 0 Å². The Hall–Kier alpha value is -1.74. The quantitative estimate of drug-likeness (QED) is 0.859. The van der Waals surface area contributed by atoms with E-state index in [0.29, 0.717) is 11.5 Å². The Balaban J connectivity index is 2.43. The molecule has 0 aliphatic rings. The van der Waals surface area contributed by atoms with E-state index in [9.17, 15) is 5.11 Å². The fourth-order valence-corrected chi connectivity index (χ4v) is 1.84. The van der Waals surface area contributed by atoms with E-state index in [4.69, 9.17) is 0 Å². The van der Waals surface area contributed by atoms with E-state index in [1.807, 2.05) is 39.0 Å². The molecule has 1 atom stereocenters. The van der Waals surface area contributed by atoms with E-state index in [1.54, 1.807) is 12.3 Å². The lowest BCUT2D eigenvalue weighted by Crippen LogP contribution is -2.06. The van der Waals surface area contributed by atoms with Gasteiger partial charge in [0.05, 0.1) is 5.69 Å². The van der Waals surface area contributed by atoms with Crippen molar-refractivity contribution in [1.29, 1.82) is 0 Å². The summed E-state index contributed by atoms with van der Waals surface area (Å²) in [4.78, 5) is 8.29. The van der Waals surface area contributed by atoms with E-state index in [-0.39, 0.29) is 0 Å². The first-order chi connectivity index (χ1) is 8.08. The van der Waals surface area contributed by atoms with Crippen LogP contribution in [0.1, 0.15) is 34.3 Å². The van der Waals surface area contributed by atoms with Crippen LogP contribution in [0.5, 0.6) is 0 Å². The third kappa shape index (κ3) is 2.50. The van der Waals surface area contributed by atoms with Crippen LogP contribution in [0, 0.1) is 20.8 Å². The third-order valence-corrected chi connectivity index (χ3v) is 2.81. The SMILES string of the molecule is Cc1ccc(C)c(C(O)c2ccnc(C)n2)c1. The first-order valence-electron chi connectivity index (χ1n) is 5.62. The predicted molar refractivity (Wildman–Crippen MR) is 66.7 cm³/mol. The second-order valence-corrected chi connectivity index (χ2v) is 4.29. The Morgan fingerprint density at radius 2 is 1.88 bits per heavy atom. The number of aliphatic hydroxyl groups is 1. The second kappa shape index (κ2) is 4.63. The van der Waals surface area contributed by atoms with Crippen molar-refractivity contribution >= 4 is 0 Å². The highest BCUT2D eigenvalue weighted by molar-refractivity contribution is 5.35. The van der Waals surface area contributed by atoms with Crippen molar-refractivity contribution < 1.29 is 5.11 Å². The number of aryl methyl sites for hydroxylation is 3. The molecule has 1 aromatic carbocycles. The molecule has 0 fully saturated rings. The van der Waals surface area contributed by atoms with Crippen molar-refractivity contribution in [2.75, 3.05) is 0 Å². The highest BCUT2D eigenvalue weighted by atomic mass is 16.3. The average molecular weight is 228 g/mol. The minimum Gasteiger partial charge on any atom is -0.382 e. The normalized spacial score (nSPS) is 12.5. The van der Waals surface area contributed by atoms with Gasteiger partial charge in [-0.1, -0.05) is 23.8 Å². The summed E-state index contributed by atoms with van der Waals surface area (Å²) >= 11 is 0. The lowest BCUT2D eigenvalue weighted by molar-refractivity contribution is 0.214. The number of rotatable bonds is 2. The molecule has 3 nitrogen and oxygen atoms in total. The van der Waals surface area contributed by atoms with Gasteiger partial charge in [-0.15, -0.1) is 0 Å². The van der Waals surface area contributed by atoms with Gasteiger partial charge in [-0.3, -0.25) is 0 Å². The Kier molecular flexibility index (Phi) is 3.20. The lowest BCUT2D eigenvalue weighted by Gasteiger charge is -2.14. The van der Waals surface area contributed by atoms with Gasteiger partial charge in [0.15, 0.2) is 0 Å². The van der Waals surface area contributed by atoms with Crippen molar-refractivity contribution in [1.82, 2.24) is 9.97 Å². The lowest BCUT2D eigenvalue weighted by atomic mass is 9.99. The summed E-state index contributed by atoms with van der Waals surface area (Å²) in [6, 6.07) is 7.80. The van der Waals surface area contributed by atoms with Gasteiger partial charge in [-0.25, -0.2) is 9.97 Å². The molecule has 1 N–H and O–H groups in total. The standard InChI is InChI=1S/C14H16N2O/c1-9-4-5-10(2)12(8-9)14(17)13-6-7-15-11(3)16-13/h4-8,14,17H,1-3H3. The maximum absolute atomic E-state index is 10.3. The molecule has 1 aromatic heterocycles. The van der Waals surface area contributed by atoms with Crippen LogP contribution >= 0.6 is 0 Å². The summed E-state index contributed by atoms with van der Waals surface area (Å²) < 4.78 is 0. The average Bonchev–Trinajstić information content (AvgIpc) is 2.31. The summed E-state index contributed by atoms with van der Waals surface area (Å²) in [7, 11) is 0. The van der Waals surface area contributed by atoms with Crippen molar-refractivity contribution in [2.24, 2.45) is 0 Å². The first-order valence-corrected chi connectivity index (χ1v) is 5.62. The predicted octanol–water partition coefficient (Wildman–Crippen LogP) is 2.48. The largest absolute Gasteiger partial charge is 0.382 e. The topological polar surface area (TPSA) is 46.0 Å². The number of aliphatic hydroxyl groups excluding tert-OH is 1. The number of nitrogens with zero attached hydrogens (tertiary/aromatic N) is 2. The Morgan fingerprint density at radius 3 is 2.59 bits per heavy atom. The van der Waals surface area contributed by atoms with Crippen LogP contribution in [0.15, 0.2) is 30.5 Å². The van der Waals surface area contributed by atoms with Gasteiger partial charge < -0.3 is 5.11 Å². The zero-order valence-electron chi connectivity index (χ0n) is 10.3. The zero-order chi connectivity index (χ0) is 12.4. The highest BCUT2D eigenvalue weighted by Gasteiger charge is 2.14. The van der Waals surface area contributed by atoms with Crippen molar-refractivity contribution in [2.45, 2.75) is 26.9 Å². The van der Waals surface area contributed by atoms with Crippen LogP contribution in [-0.4, -0.2) is 15.1 Å². The number of benzene rings is 1. The Labute approximate surface area is 101 Å². The van der Waals surface area contributed by atoms with Gasteiger partial charge in [-0.05, 0) is 38.0 Å². The van der Waals surface area contributed by atoms with Gasteiger partial charge in [-0.2, -0.15) is 0 Å². The molecule has 0 spiro atoms. The molecule has 0 bridgehead atoms. The molecule has 0 aliphatic heterocycles. The molecule has 17 heavy (non-hydrogen) atoms. The maximum Gasteiger partial charge on any atom is 0.125 e. The molecular formula is C14H16N2O. The minimum atomic E-state index is -0.684. The second-order valence-electron chi connectivity index (χ2n) is 4.29. The molecule has 0 aliphatic carbocycles. The zero-order valence-corrected chi connectivity index (χ0v) is 10.3. The third-order valence-electron chi connectivity index (χ3n) is 2.81. The van der Waals surface area contributed by atoms with Crippen LogP contribution in [0.2, 0.25) is 0 Å². The van der Waals surface area contributed by atoms with Gasteiger partial charge in [0.25, 0.3) is 0 Å². The maximum atomic E-state index is 10.3. The summed E-state index contributed by atoms with van der Waals surface area (Å²) in [5.74, 6) is 0.673. The van der Waals surface area contributed by atoms with Crippen molar-refractivity contribution in [3.8, 4) is 0 Å². The molecule has 0 radical (unpaired) electrons. The van der Waals surface area contributed by atoms with Gasteiger partial charge >= 0.3 is 0 Å². The molecule has 0 amide bonds. The molecule has 0 saturated carbocycles. The number of hydrogen-bond acceptors (Lipinski definition) is 3. The Bertz CT molecular complexity index is 537. The minimum absolute atomic E-state index is 0.645. The van der Waals surface area contributed by atoms with E-state index >= 15 is 0 Å². The highest BCUT2D eigenvalue weighted by Crippen LogP contribution is 2.24. The summed E-state index contributed by atoms with van der Waals surface area (Å²) in [5.41, 5.74) is 3.75. The van der Waals surface area contributed by atoms with Crippen LogP contribution < -0.4 is 0 Å². The fraction of sp³-hybridized carbons (Fsp3) is 0.286. The number of aromatic nitrogens is 2. The summed E-state index contributed by atoms with van der Waals surface area (Å²) in [6.07, 6.45) is 0.989. The Morgan fingerprint density at radius 1 is 1.12 bits per heavy atom. The van der Waals surface area contributed by atoms with Crippen molar-refractivity contribution in [3.05, 3.63) is 58.7 Å². The number of hydrogen-bond donors (Lipinski definition) is 1. The molecule has 2 rings (SSSR count). The van der Waals surface area contributed by atoms with Crippen LogP contribution in [0.25, 0.3) is 0 Å². The van der Waals surface area contributed by atoms with Crippen molar-refractivity contribution in [3.63, 3.8) is 0 Å².